The van der Waals surface area contributed by atoms with Crippen molar-refractivity contribution < 1.29 is 10.2 Å². The lowest BCUT2D eigenvalue weighted by Crippen LogP contribution is -2.07. The number of hydrogen-bond acceptors (Lipinski definition) is 2. The fourth-order valence-electron chi connectivity index (χ4n) is 2.73. The molecule has 2 aromatic carbocycles. The molecular formula is C18H21IO2. The summed E-state index contributed by atoms with van der Waals surface area (Å²) in [6.45, 7) is 7.93. The Morgan fingerprint density at radius 2 is 1.14 bits per heavy atom. The molecule has 21 heavy (non-hydrogen) atoms. The van der Waals surface area contributed by atoms with E-state index in [0.29, 0.717) is 11.5 Å². The van der Waals surface area contributed by atoms with Crippen LogP contribution in [0.5, 0.6) is 11.5 Å². The zero-order valence-corrected chi connectivity index (χ0v) is 15.0. The molecule has 0 atom stereocenters. The van der Waals surface area contributed by atoms with E-state index in [0.717, 1.165) is 26.7 Å². The van der Waals surface area contributed by atoms with E-state index in [9.17, 15) is 10.2 Å². The Kier molecular flexibility index (Phi) is 4.81. The van der Waals surface area contributed by atoms with E-state index in [1.165, 1.54) is 11.1 Å². The Labute approximate surface area is 140 Å². The van der Waals surface area contributed by atoms with Crippen LogP contribution in [0.15, 0.2) is 24.3 Å². The molecule has 2 nitrogen and oxygen atoms in total. The molecular weight excluding hydrogens is 375 g/mol. The molecule has 0 saturated carbocycles. The van der Waals surface area contributed by atoms with Gasteiger partial charge in [-0.15, -0.1) is 0 Å². The van der Waals surface area contributed by atoms with E-state index in [1.54, 1.807) is 0 Å². The predicted molar refractivity (Wildman–Crippen MR) is 95.9 cm³/mol. The minimum atomic E-state index is 0.268. The van der Waals surface area contributed by atoms with E-state index < -0.39 is 0 Å². The van der Waals surface area contributed by atoms with E-state index in [1.807, 2.05) is 39.8 Å². The second-order valence-corrected chi connectivity index (χ2v) is 6.58. The maximum atomic E-state index is 9.85. The molecule has 0 spiro atoms. The van der Waals surface area contributed by atoms with Crippen molar-refractivity contribution >= 4 is 22.6 Å². The Morgan fingerprint density at radius 1 is 0.762 bits per heavy atom. The number of hydrogen-bond donors (Lipinski definition) is 2. The summed E-state index contributed by atoms with van der Waals surface area (Å²) in [7, 11) is 0. The van der Waals surface area contributed by atoms with Crippen molar-refractivity contribution in [3.8, 4) is 11.5 Å². The summed E-state index contributed by atoms with van der Waals surface area (Å²) in [4.78, 5) is 0. The number of benzene rings is 2. The molecule has 2 rings (SSSR count). The van der Waals surface area contributed by atoms with Gasteiger partial charge in [-0.25, -0.2) is 0 Å². The summed E-state index contributed by atoms with van der Waals surface area (Å²) >= 11 is 2.41. The Hall–Kier alpha value is -1.23. The van der Waals surface area contributed by atoms with Gasteiger partial charge in [-0.05, 0) is 73.2 Å². The van der Waals surface area contributed by atoms with Crippen molar-refractivity contribution in [2.45, 2.75) is 33.6 Å². The van der Waals surface area contributed by atoms with Gasteiger partial charge in [0.15, 0.2) is 0 Å². The van der Waals surface area contributed by atoms with Crippen molar-refractivity contribution in [2.75, 3.05) is 4.43 Å². The molecule has 0 aliphatic rings. The predicted octanol–water partition coefficient (Wildman–Crippen LogP) is 4.90. The Balaban J connectivity index is 2.60. The van der Waals surface area contributed by atoms with Gasteiger partial charge in [0.05, 0.1) is 0 Å². The highest BCUT2D eigenvalue weighted by Gasteiger charge is 2.19. The highest BCUT2D eigenvalue weighted by molar-refractivity contribution is 14.1. The van der Waals surface area contributed by atoms with Crippen LogP contribution in [0.4, 0.5) is 0 Å². The van der Waals surface area contributed by atoms with Gasteiger partial charge >= 0.3 is 0 Å². The van der Waals surface area contributed by atoms with Gasteiger partial charge in [0.1, 0.15) is 11.5 Å². The van der Waals surface area contributed by atoms with Gasteiger partial charge in [0.2, 0.25) is 0 Å². The quantitative estimate of drug-likeness (QED) is 0.573. The summed E-state index contributed by atoms with van der Waals surface area (Å²) in [6, 6.07) is 7.84. The lowest BCUT2D eigenvalue weighted by molar-refractivity contribution is 0.470. The Bertz CT molecular complexity index is 620. The number of aromatic hydroxyl groups is 2. The number of alkyl halides is 1. The number of halogens is 1. The summed E-state index contributed by atoms with van der Waals surface area (Å²) < 4.78 is 0.952. The molecule has 0 amide bonds. The third kappa shape index (κ3) is 3.18. The molecule has 0 aromatic heterocycles. The van der Waals surface area contributed by atoms with Gasteiger partial charge < -0.3 is 10.2 Å². The second kappa shape index (κ2) is 6.26. The summed E-state index contributed by atoms with van der Waals surface area (Å²) in [5, 5.41) is 19.7. The van der Waals surface area contributed by atoms with Crippen LogP contribution in [0.2, 0.25) is 0 Å². The lowest BCUT2D eigenvalue weighted by atomic mass is 9.85. The number of aryl methyl sites for hydroxylation is 4. The zero-order chi connectivity index (χ0) is 15.7. The van der Waals surface area contributed by atoms with Crippen molar-refractivity contribution in [3.05, 3.63) is 57.6 Å². The third-order valence-electron chi connectivity index (χ3n) is 4.07. The first-order valence-electron chi connectivity index (χ1n) is 7.01. The lowest BCUT2D eigenvalue weighted by Gasteiger charge is -2.22. The van der Waals surface area contributed by atoms with Gasteiger partial charge in [0.25, 0.3) is 0 Å². The van der Waals surface area contributed by atoms with Crippen LogP contribution in [-0.2, 0) is 0 Å². The average Bonchev–Trinajstić information content (AvgIpc) is 2.42. The van der Waals surface area contributed by atoms with E-state index in [-0.39, 0.29) is 5.92 Å². The first-order valence-corrected chi connectivity index (χ1v) is 8.54. The van der Waals surface area contributed by atoms with E-state index >= 15 is 0 Å². The minimum absolute atomic E-state index is 0.268. The molecule has 112 valence electrons. The monoisotopic (exact) mass is 396 g/mol. The molecule has 0 aliphatic heterocycles. The SMILES string of the molecule is Cc1cc(C(CI)c2cc(C)c(O)cc2C)c(C)cc1O. The maximum Gasteiger partial charge on any atom is 0.118 e. The minimum Gasteiger partial charge on any atom is -0.508 e. The smallest absolute Gasteiger partial charge is 0.118 e. The molecule has 3 heteroatoms. The normalized spacial score (nSPS) is 11.1. The first kappa shape index (κ1) is 16.1. The molecule has 0 fully saturated rings. The molecule has 0 saturated heterocycles. The van der Waals surface area contributed by atoms with Crippen molar-refractivity contribution in [3.63, 3.8) is 0 Å². The van der Waals surface area contributed by atoms with Crippen LogP contribution in [0.3, 0.4) is 0 Å². The zero-order valence-electron chi connectivity index (χ0n) is 12.9. The summed E-state index contributed by atoms with van der Waals surface area (Å²) in [6.07, 6.45) is 0. The molecule has 2 aromatic rings. The van der Waals surface area contributed by atoms with Crippen LogP contribution >= 0.6 is 22.6 Å². The highest BCUT2D eigenvalue weighted by Crippen LogP contribution is 2.36. The van der Waals surface area contributed by atoms with E-state index in [4.69, 9.17) is 0 Å². The van der Waals surface area contributed by atoms with Crippen molar-refractivity contribution in [2.24, 2.45) is 0 Å². The topological polar surface area (TPSA) is 40.5 Å². The molecule has 0 aliphatic carbocycles. The van der Waals surface area contributed by atoms with E-state index in [2.05, 4.69) is 34.7 Å². The summed E-state index contributed by atoms with van der Waals surface area (Å²) in [5.41, 5.74) is 6.49. The van der Waals surface area contributed by atoms with Gasteiger partial charge in [0, 0.05) is 10.3 Å². The molecule has 0 heterocycles. The molecule has 0 bridgehead atoms. The van der Waals surface area contributed by atoms with Crippen LogP contribution < -0.4 is 0 Å². The molecule has 0 unspecified atom stereocenters. The van der Waals surface area contributed by atoms with Gasteiger partial charge in [-0.3, -0.25) is 0 Å². The number of phenolic OH excluding ortho intramolecular Hbond substituents is 2. The molecule has 2 N–H and O–H groups in total. The van der Waals surface area contributed by atoms with Crippen LogP contribution in [0.25, 0.3) is 0 Å². The van der Waals surface area contributed by atoms with Crippen LogP contribution in [-0.4, -0.2) is 14.6 Å². The average molecular weight is 396 g/mol. The summed E-state index contributed by atoms with van der Waals surface area (Å²) in [5.74, 6) is 0.966. The van der Waals surface area contributed by atoms with Gasteiger partial charge in [-0.2, -0.15) is 0 Å². The first-order chi connectivity index (χ1) is 9.85. The highest BCUT2D eigenvalue weighted by atomic mass is 127. The van der Waals surface area contributed by atoms with Crippen LogP contribution in [0, 0.1) is 27.7 Å². The van der Waals surface area contributed by atoms with Crippen molar-refractivity contribution in [1.82, 2.24) is 0 Å². The fourth-order valence-corrected chi connectivity index (χ4v) is 3.68. The second-order valence-electron chi connectivity index (χ2n) is 5.70. The van der Waals surface area contributed by atoms with Crippen LogP contribution in [0.1, 0.15) is 39.3 Å². The maximum absolute atomic E-state index is 9.85. The largest absolute Gasteiger partial charge is 0.508 e. The number of phenols is 2. The fraction of sp³-hybridized carbons (Fsp3) is 0.333. The standard InChI is InChI=1S/C18H21IO2/c1-10-7-17(20)12(3)5-14(10)16(9-19)15-6-13(4)18(21)8-11(15)2/h5-8,16,20-21H,9H2,1-4H3. The van der Waals surface area contributed by atoms with Crippen molar-refractivity contribution in [1.29, 1.82) is 0 Å². The number of rotatable bonds is 3. The third-order valence-corrected chi connectivity index (χ3v) is 4.96. The Morgan fingerprint density at radius 3 is 1.48 bits per heavy atom. The van der Waals surface area contributed by atoms with Gasteiger partial charge in [-0.1, -0.05) is 34.7 Å². The molecule has 0 radical (unpaired) electrons.